The number of likely N-dealkylation sites (tertiary alicyclic amines) is 1. The Morgan fingerprint density at radius 1 is 1.03 bits per heavy atom. The molecule has 0 saturated carbocycles. The molecule has 0 radical (unpaired) electrons. The second kappa shape index (κ2) is 7.59. The van der Waals surface area contributed by atoms with Crippen LogP contribution in [0.25, 0.3) is 0 Å². The van der Waals surface area contributed by atoms with Crippen molar-refractivity contribution in [3.05, 3.63) is 34.9 Å². The molecule has 2 N–H and O–H groups in total. The molecule has 3 saturated heterocycles. The molecule has 0 spiro atoms. The molecule has 0 bridgehead atoms. The number of nitrogens with one attached hydrogen (secondary N) is 2. The van der Waals surface area contributed by atoms with Crippen molar-refractivity contribution < 1.29 is 19.2 Å². The van der Waals surface area contributed by atoms with Gasteiger partial charge in [-0.25, -0.2) is 0 Å². The summed E-state index contributed by atoms with van der Waals surface area (Å²) in [6.07, 6.45) is 3.75. The zero-order valence-corrected chi connectivity index (χ0v) is 16.9. The quantitative estimate of drug-likeness (QED) is 0.711. The summed E-state index contributed by atoms with van der Waals surface area (Å²) in [5, 5.41) is 5.73. The highest BCUT2D eigenvalue weighted by Gasteiger charge is 2.45. The van der Waals surface area contributed by atoms with Crippen molar-refractivity contribution in [2.24, 2.45) is 5.92 Å². The van der Waals surface area contributed by atoms with Crippen LogP contribution in [0.3, 0.4) is 0 Å². The van der Waals surface area contributed by atoms with Crippen LogP contribution in [-0.4, -0.2) is 65.1 Å². The van der Waals surface area contributed by atoms with Gasteiger partial charge in [-0.2, -0.15) is 0 Å². The molecule has 4 amide bonds. The Morgan fingerprint density at radius 3 is 2.73 bits per heavy atom. The zero-order chi connectivity index (χ0) is 20.8. The molecule has 3 atom stereocenters. The van der Waals surface area contributed by atoms with Crippen molar-refractivity contribution in [2.75, 3.05) is 19.6 Å². The molecule has 3 fully saturated rings. The fourth-order valence-corrected chi connectivity index (χ4v) is 5.54. The fourth-order valence-electron chi connectivity index (χ4n) is 5.54. The van der Waals surface area contributed by atoms with Crippen LogP contribution in [0.4, 0.5) is 0 Å². The Bertz CT molecular complexity index is 928. The summed E-state index contributed by atoms with van der Waals surface area (Å²) in [6.45, 7) is 3.66. The molecule has 4 aliphatic rings. The maximum Gasteiger partial charge on any atom is 0.262 e. The largest absolute Gasteiger partial charge is 0.316 e. The van der Waals surface area contributed by atoms with Gasteiger partial charge in [0.1, 0.15) is 6.04 Å². The molecule has 158 valence electrons. The van der Waals surface area contributed by atoms with Crippen molar-refractivity contribution >= 4 is 23.6 Å². The molecule has 1 aromatic rings. The summed E-state index contributed by atoms with van der Waals surface area (Å²) < 4.78 is 0. The molecule has 0 aliphatic carbocycles. The number of benzene rings is 1. The lowest BCUT2D eigenvalue weighted by molar-refractivity contribution is -0.136. The minimum atomic E-state index is -0.924. The zero-order valence-electron chi connectivity index (χ0n) is 16.9. The monoisotopic (exact) mass is 410 g/mol. The van der Waals surface area contributed by atoms with Crippen LogP contribution in [0.1, 0.15) is 58.4 Å². The standard InChI is InChI=1S/C22H26N4O4/c27-18-7-6-17(20(28)24-18)26-21(29)15-5-1-3-14(19(15)22(26)30)12-25-10-2-4-13-11-23-9-8-16(13)25/h1,3,5,13,16-17,23H,2,4,6-12H2,(H,24,27,28)/t13-,16+,17?/m1/s1. The van der Waals surface area contributed by atoms with Gasteiger partial charge in [-0.15, -0.1) is 0 Å². The van der Waals surface area contributed by atoms with Gasteiger partial charge in [-0.05, 0) is 62.9 Å². The van der Waals surface area contributed by atoms with E-state index in [1.54, 1.807) is 6.07 Å². The number of piperidine rings is 3. The summed E-state index contributed by atoms with van der Waals surface area (Å²) in [6, 6.07) is 4.97. The van der Waals surface area contributed by atoms with Gasteiger partial charge >= 0.3 is 0 Å². The topological polar surface area (TPSA) is 98.8 Å². The lowest BCUT2D eigenvalue weighted by Crippen LogP contribution is -2.54. The number of nitrogens with zero attached hydrogens (tertiary/aromatic N) is 2. The number of fused-ring (bicyclic) bond motifs is 2. The summed E-state index contributed by atoms with van der Waals surface area (Å²) in [5.41, 5.74) is 1.63. The van der Waals surface area contributed by atoms with E-state index in [-0.39, 0.29) is 18.7 Å². The molecular weight excluding hydrogens is 384 g/mol. The van der Waals surface area contributed by atoms with E-state index in [0.717, 1.165) is 42.9 Å². The Balaban J connectivity index is 1.42. The maximum absolute atomic E-state index is 13.3. The fraction of sp³-hybridized carbons (Fsp3) is 0.545. The number of rotatable bonds is 3. The van der Waals surface area contributed by atoms with Crippen molar-refractivity contribution in [3.8, 4) is 0 Å². The Kier molecular flexibility index (Phi) is 4.91. The summed E-state index contributed by atoms with van der Waals surface area (Å²) in [5.74, 6) is -1.17. The van der Waals surface area contributed by atoms with Gasteiger partial charge in [-0.3, -0.25) is 34.3 Å². The minimum Gasteiger partial charge on any atom is -0.316 e. The minimum absolute atomic E-state index is 0.127. The van der Waals surface area contributed by atoms with Crippen molar-refractivity contribution in [2.45, 2.75) is 50.7 Å². The predicted molar refractivity (Wildman–Crippen MR) is 108 cm³/mol. The first-order chi connectivity index (χ1) is 14.5. The van der Waals surface area contributed by atoms with Gasteiger partial charge in [-0.1, -0.05) is 12.1 Å². The van der Waals surface area contributed by atoms with E-state index in [1.807, 2.05) is 12.1 Å². The average Bonchev–Trinajstić information content (AvgIpc) is 3.00. The maximum atomic E-state index is 13.3. The van der Waals surface area contributed by atoms with Gasteiger partial charge in [0.15, 0.2) is 0 Å². The number of hydrogen-bond acceptors (Lipinski definition) is 6. The molecule has 5 rings (SSSR count). The molecule has 8 heteroatoms. The van der Waals surface area contributed by atoms with Crippen molar-refractivity contribution in [1.82, 2.24) is 20.4 Å². The lowest BCUT2D eigenvalue weighted by Gasteiger charge is -2.44. The van der Waals surface area contributed by atoms with Gasteiger partial charge in [0.2, 0.25) is 11.8 Å². The van der Waals surface area contributed by atoms with Crippen LogP contribution < -0.4 is 10.6 Å². The first kappa shape index (κ1) is 19.4. The molecule has 4 aliphatic heterocycles. The van der Waals surface area contributed by atoms with Crippen LogP contribution in [0.15, 0.2) is 18.2 Å². The number of amides is 4. The second-order valence-electron chi connectivity index (χ2n) is 8.72. The average molecular weight is 410 g/mol. The van der Waals surface area contributed by atoms with E-state index in [9.17, 15) is 19.2 Å². The third-order valence-electron chi connectivity index (χ3n) is 6.98. The molecule has 1 unspecified atom stereocenters. The Labute approximate surface area is 175 Å². The van der Waals surface area contributed by atoms with Crippen molar-refractivity contribution in [1.29, 1.82) is 0 Å². The van der Waals surface area contributed by atoms with E-state index in [2.05, 4.69) is 15.5 Å². The number of carbonyl (C=O) groups excluding carboxylic acids is 4. The van der Waals surface area contributed by atoms with E-state index in [0.29, 0.717) is 29.6 Å². The van der Waals surface area contributed by atoms with E-state index < -0.39 is 23.8 Å². The van der Waals surface area contributed by atoms with Crippen LogP contribution in [0, 0.1) is 5.92 Å². The van der Waals surface area contributed by atoms with E-state index in [4.69, 9.17) is 0 Å². The third kappa shape index (κ3) is 3.15. The Hall–Kier alpha value is -2.58. The molecule has 0 aromatic heterocycles. The smallest absolute Gasteiger partial charge is 0.262 e. The van der Waals surface area contributed by atoms with E-state index in [1.165, 1.54) is 6.42 Å². The molecule has 30 heavy (non-hydrogen) atoms. The molecular formula is C22H26N4O4. The van der Waals surface area contributed by atoms with Crippen LogP contribution in [0.5, 0.6) is 0 Å². The number of imide groups is 2. The van der Waals surface area contributed by atoms with Crippen LogP contribution in [0.2, 0.25) is 0 Å². The second-order valence-corrected chi connectivity index (χ2v) is 8.72. The first-order valence-electron chi connectivity index (χ1n) is 10.8. The highest BCUT2D eigenvalue weighted by Crippen LogP contribution is 2.33. The Morgan fingerprint density at radius 2 is 1.90 bits per heavy atom. The van der Waals surface area contributed by atoms with E-state index >= 15 is 0 Å². The van der Waals surface area contributed by atoms with Gasteiger partial charge in [0, 0.05) is 19.0 Å². The summed E-state index contributed by atoms with van der Waals surface area (Å²) in [4.78, 5) is 53.6. The number of hydrogen-bond donors (Lipinski definition) is 2. The lowest BCUT2D eigenvalue weighted by atomic mass is 9.84. The normalized spacial score (nSPS) is 29.6. The summed E-state index contributed by atoms with van der Waals surface area (Å²) in [7, 11) is 0. The first-order valence-corrected chi connectivity index (χ1v) is 10.8. The number of carbonyl (C=O) groups is 4. The van der Waals surface area contributed by atoms with Gasteiger partial charge in [0.05, 0.1) is 11.1 Å². The third-order valence-corrected chi connectivity index (χ3v) is 6.98. The predicted octanol–water partition coefficient (Wildman–Crippen LogP) is 0.662. The molecule has 8 nitrogen and oxygen atoms in total. The summed E-state index contributed by atoms with van der Waals surface area (Å²) >= 11 is 0. The molecule has 1 aromatic carbocycles. The van der Waals surface area contributed by atoms with Gasteiger partial charge < -0.3 is 5.32 Å². The molecule has 4 heterocycles. The van der Waals surface area contributed by atoms with Crippen LogP contribution in [-0.2, 0) is 16.1 Å². The highest BCUT2D eigenvalue weighted by molar-refractivity contribution is 6.24. The van der Waals surface area contributed by atoms with Crippen LogP contribution >= 0.6 is 0 Å². The van der Waals surface area contributed by atoms with Crippen molar-refractivity contribution in [3.63, 3.8) is 0 Å². The SMILES string of the molecule is O=C1CCC(N2C(=O)c3cccc(CN4CCC[C@@H]5CNCC[C@@H]54)c3C2=O)C(=O)N1. The highest BCUT2D eigenvalue weighted by atomic mass is 16.2. The van der Waals surface area contributed by atoms with Gasteiger partial charge in [0.25, 0.3) is 11.8 Å².